The van der Waals surface area contributed by atoms with Crippen LogP contribution in [0.4, 0.5) is 5.13 Å². The lowest BCUT2D eigenvalue weighted by atomic mass is 10.4. The van der Waals surface area contributed by atoms with Crippen LogP contribution in [-0.2, 0) is 11.3 Å². The van der Waals surface area contributed by atoms with Crippen molar-refractivity contribution in [3.8, 4) is 0 Å². The van der Waals surface area contributed by atoms with E-state index in [0.717, 1.165) is 16.6 Å². The van der Waals surface area contributed by atoms with Gasteiger partial charge < -0.3 is 20.1 Å². The number of ether oxygens (including phenoxy) is 1. The monoisotopic (exact) mass is 245 g/mol. The van der Waals surface area contributed by atoms with Crippen molar-refractivity contribution in [2.24, 2.45) is 0 Å². The molecule has 0 radical (unpaired) electrons. The molecule has 5 nitrogen and oxygen atoms in total. The zero-order valence-corrected chi connectivity index (χ0v) is 10.8. The van der Waals surface area contributed by atoms with Crippen LogP contribution in [0.3, 0.4) is 0 Å². The van der Waals surface area contributed by atoms with Crippen molar-refractivity contribution in [3.05, 3.63) is 11.1 Å². The number of thiazole rings is 1. The Labute approximate surface area is 100 Å². The van der Waals surface area contributed by atoms with Crippen LogP contribution in [0.5, 0.6) is 0 Å². The Balaban J connectivity index is 2.26. The third-order valence-electron chi connectivity index (χ3n) is 1.96. The minimum atomic E-state index is -0.453. The predicted octanol–water partition coefficient (Wildman–Crippen LogP) is 0.306. The van der Waals surface area contributed by atoms with Crippen LogP contribution in [-0.4, -0.2) is 50.6 Å². The van der Waals surface area contributed by atoms with Gasteiger partial charge in [0.15, 0.2) is 5.13 Å². The van der Waals surface area contributed by atoms with E-state index >= 15 is 0 Å². The van der Waals surface area contributed by atoms with Crippen molar-refractivity contribution in [2.75, 3.05) is 39.3 Å². The lowest BCUT2D eigenvalue weighted by molar-refractivity contribution is 0.0644. The molecule has 0 aromatic carbocycles. The van der Waals surface area contributed by atoms with Gasteiger partial charge in [-0.2, -0.15) is 0 Å². The average molecular weight is 245 g/mol. The lowest BCUT2D eigenvalue weighted by Crippen LogP contribution is -2.29. The van der Waals surface area contributed by atoms with Crippen LogP contribution in [0.25, 0.3) is 0 Å². The molecule has 0 fully saturated rings. The highest BCUT2D eigenvalue weighted by molar-refractivity contribution is 7.15. The average Bonchev–Trinajstić information content (AvgIpc) is 2.67. The Morgan fingerprint density at radius 2 is 2.38 bits per heavy atom. The number of aliphatic hydroxyl groups excluding tert-OH is 1. The van der Waals surface area contributed by atoms with Crippen molar-refractivity contribution in [1.82, 2.24) is 10.3 Å². The highest BCUT2D eigenvalue weighted by Crippen LogP contribution is 2.19. The van der Waals surface area contributed by atoms with Crippen molar-refractivity contribution in [2.45, 2.75) is 12.6 Å². The topological polar surface area (TPSA) is 57.6 Å². The van der Waals surface area contributed by atoms with Crippen LogP contribution < -0.4 is 10.2 Å². The first-order valence-electron chi connectivity index (χ1n) is 5.13. The van der Waals surface area contributed by atoms with Gasteiger partial charge in [0.25, 0.3) is 0 Å². The Kier molecular flexibility index (Phi) is 5.68. The summed E-state index contributed by atoms with van der Waals surface area (Å²) in [5, 5.41) is 13.6. The van der Waals surface area contributed by atoms with E-state index in [-0.39, 0.29) is 0 Å². The number of aromatic nitrogens is 1. The zero-order valence-electron chi connectivity index (χ0n) is 9.93. The normalized spacial score (nSPS) is 12.8. The van der Waals surface area contributed by atoms with Gasteiger partial charge in [-0.05, 0) is 0 Å². The van der Waals surface area contributed by atoms with Gasteiger partial charge in [0.2, 0.25) is 0 Å². The second-order valence-electron chi connectivity index (χ2n) is 3.74. The molecule has 2 N–H and O–H groups in total. The Morgan fingerprint density at radius 3 is 2.94 bits per heavy atom. The molecule has 16 heavy (non-hydrogen) atoms. The molecule has 1 aromatic heterocycles. The molecule has 92 valence electrons. The summed E-state index contributed by atoms with van der Waals surface area (Å²) < 4.78 is 4.84. The molecule has 1 atom stereocenters. The second kappa shape index (κ2) is 6.80. The number of hydrogen-bond acceptors (Lipinski definition) is 6. The molecule has 0 saturated carbocycles. The van der Waals surface area contributed by atoms with Gasteiger partial charge in [-0.25, -0.2) is 4.98 Å². The molecule has 0 amide bonds. The number of anilines is 1. The lowest BCUT2D eigenvalue weighted by Gasteiger charge is -2.09. The van der Waals surface area contributed by atoms with E-state index in [1.165, 1.54) is 0 Å². The molecule has 0 aliphatic heterocycles. The molecular weight excluding hydrogens is 226 g/mol. The van der Waals surface area contributed by atoms with Crippen molar-refractivity contribution < 1.29 is 9.84 Å². The smallest absolute Gasteiger partial charge is 0.185 e. The summed E-state index contributed by atoms with van der Waals surface area (Å²) >= 11 is 1.65. The third kappa shape index (κ3) is 4.44. The van der Waals surface area contributed by atoms with Gasteiger partial charge in [0.1, 0.15) is 0 Å². The van der Waals surface area contributed by atoms with Crippen LogP contribution in [0.15, 0.2) is 6.20 Å². The zero-order chi connectivity index (χ0) is 12.0. The molecule has 0 bridgehead atoms. The Hall–Kier alpha value is -0.690. The van der Waals surface area contributed by atoms with E-state index in [9.17, 15) is 5.11 Å². The number of hydrogen-bond donors (Lipinski definition) is 2. The summed E-state index contributed by atoms with van der Waals surface area (Å²) in [6.07, 6.45) is 1.40. The molecule has 0 aliphatic rings. The van der Waals surface area contributed by atoms with Crippen LogP contribution in [0.1, 0.15) is 4.88 Å². The maximum Gasteiger partial charge on any atom is 0.185 e. The van der Waals surface area contributed by atoms with Gasteiger partial charge in [0, 0.05) is 45.4 Å². The fourth-order valence-corrected chi connectivity index (χ4v) is 2.00. The van der Waals surface area contributed by atoms with Gasteiger partial charge in [0.05, 0.1) is 12.7 Å². The molecule has 0 saturated heterocycles. The SMILES string of the molecule is COCC(O)CNCc1cnc(N(C)C)s1. The molecule has 1 heterocycles. The van der Waals surface area contributed by atoms with E-state index < -0.39 is 6.10 Å². The number of rotatable bonds is 7. The van der Waals surface area contributed by atoms with Crippen molar-refractivity contribution in [3.63, 3.8) is 0 Å². The highest BCUT2D eigenvalue weighted by atomic mass is 32.1. The molecular formula is C10H19N3O2S. The summed E-state index contributed by atoms with van der Waals surface area (Å²) in [6, 6.07) is 0. The van der Waals surface area contributed by atoms with Crippen LogP contribution in [0, 0.1) is 0 Å². The number of nitrogens with one attached hydrogen (secondary N) is 1. The third-order valence-corrected chi connectivity index (χ3v) is 3.13. The first-order chi connectivity index (χ1) is 7.63. The number of methoxy groups -OCH3 is 1. The molecule has 0 aliphatic carbocycles. The summed E-state index contributed by atoms with van der Waals surface area (Å²) in [7, 11) is 5.52. The van der Waals surface area contributed by atoms with Crippen molar-refractivity contribution >= 4 is 16.5 Å². The molecule has 0 spiro atoms. The first kappa shape index (κ1) is 13.4. The maximum absolute atomic E-state index is 9.41. The van der Waals surface area contributed by atoms with Crippen LogP contribution in [0.2, 0.25) is 0 Å². The summed E-state index contributed by atoms with van der Waals surface area (Å²) in [4.78, 5) is 7.41. The Bertz CT molecular complexity index is 304. The first-order valence-corrected chi connectivity index (χ1v) is 5.95. The minimum Gasteiger partial charge on any atom is -0.389 e. The van der Waals surface area contributed by atoms with Gasteiger partial charge in [-0.15, -0.1) is 11.3 Å². The molecule has 1 rings (SSSR count). The fraction of sp³-hybridized carbons (Fsp3) is 0.700. The van der Waals surface area contributed by atoms with Gasteiger partial charge in [-0.3, -0.25) is 0 Å². The van der Waals surface area contributed by atoms with E-state index in [1.54, 1.807) is 18.4 Å². The van der Waals surface area contributed by atoms with Gasteiger partial charge >= 0.3 is 0 Å². The summed E-state index contributed by atoms with van der Waals surface area (Å²) in [5.41, 5.74) is 0. The number of aliphatic hydroxyl groups is 1. The van der Waals surface area contributed by atoms with E-state index in [4.69, 9.17) is 4.74 Å². The van der Waals surface area contributed by atoms with Gasteiger partial charge in [-0.1, -0.05) is 0 Å². The Morgan fingerprint density at radius 1 is 1.62 bits per heavy atom. The minimum absolute atomic E-state index is 0.360. The second-order valence-corrected chi connectivity index (χ2v) is 4.84. The predicted molar refractivity (Wildman–Crippen MR) is 66.0 cm³/mol. The standard InChI is InChI=1S/C10H19N3O2S/c1-13(2)10-12-6-9(16-10)5-11-4-8(14)7-15-3/h6,8,11,14H,4-5,7H2,1-3H3. The maximum atomic E-state index is 9.41. The van der Waals surface area contributed by atoms with E-state index in [0.29, 0.717) is 13.2 Å². The highest BCUT2D eigenvalue weighted by Gasteiger charge is 2.05. The molecule has 1 aromatic rings. The van der Waals surface area contributed by atoms with E-state index in [2.05, 4.69) is 10.3 Å². The quantitative estimate of drug-likeness (QED) is 0.724. The number of nitrogens with zero attached hydrogens (tertiary/aromatic N) is 2. The molecule has 6 heteroatoms. The van der Waals surface area contributed by atoms with E-state index in [1.807, 2.05) is 25.2 Å². The molecule has 1 unspecified atom stereocenters. The summed E-state index contributed by atoms with van der Waals surface area (Å²) in [6.45, 7) is 1.62. The van der Waals surface area contributed by atoms with Crippen LogP contribution >= 0.6 is 11.3 Å². The summed E-state index contributed by atoms with van der Waals surface area (Å²) in [5.74, 6) is 0. The fourth-order valence-electron chi connectivity index (χ4n) is 1.20. The van der Waals surface area contributed by atoms with Crippen molar-refractivity contribution in [1.29, 1.82) is 0 Å². The largest absolute Gasteiger partial charge is 0.389 e.